The van der Waals surface area contributed by atoms with Gasteiger partial charge in [-0.15, -0.1) is 0 Å². The topological polar surface area (TPSA) is 49.3 Å². The standard InChI is InChI=1S/C13H17NO2/c1-8-4-3-5-10-7-11(14-12(8)10)6-9(2)13(15)16/h3-5,9,11,14H,6-7H2,1-2H3,(H,15,16). The number of carboxylic acids is 1. The molecule has 1 aliphatic rings. The van der Waals surface area contributed by atoms with Crippen molar-refractivity contribution < 1.29 is 9.90 Å². The van der Waals surface area contributed by atoms with Crippen molar-refractivity contribution in [2.24, 2.45) is 5.92 Å². The highest BCUT2D eigenvalue weighted by atomic mass is 16.4. The number of fused-ring (bicyclic) bond motifs is 1. The van der Waals surface area contributed by atoms with E-state index in [2.05, 4.69) is 30.4 Å². The number of para-hydroxylation sites is 1. The van der Waals surface area contributed by atoms with Crippen LogP contribution in [0.5, 0.6) is 0 Å². The smallest absolute Gasteiger partial charge is 0.306 e. The van der Waals surface area contributed by atoms with E-state index in [1.54, 1.807) is 6.92 Å². The highest BCUT2D eigenvalue weighted by Crippen LogP contribution is 2.31. The van der Waals surface area contributed by atoms with Gasteiger partial charge in [0.05, 0.1) is 5.92 Å². The second kappa shape index (κ2) is 4.16. The second-order valence-corrected chi connectivity index (χ2v) is 4.63. The SMILES string of the molecule is Cc1cccc2c1NC(CC(C)C(=O)O)C2. The molecule has 0 saturated carbocycles. The number of hydrogen-bond donors (Lipinski definition) is 2. The van der Waals surface area contributed by atoms with Gasteiger partial charge in [-0.1, -0.05) is 25.1 Å². The fraction of sp³-hybridized carbons (Fsp3) is 0.462. The highest BCUT2D eigenvalue weighted by molar-refractivity contribution is 5.70. The Morgan fingerprint density at radius 3 is 3.00 bits per heavy atom. The Kier molecular flexibility index (Phi) is 2.86. The maximum absolute atomic E-state index is 10.8. The maximum Gasteiger partial charge on any atom is 0.306 e. The van der Waals surface area contributed by atoms with Crippen LogP contribution in [0.25, 0.3) is 0 Å². The first-order valence-electron chi connectivity index (χ1n) is 5.65. The van der Waals surface area contributed by atoms with Gasteiger partial charge in [-0.2, -0.15) is 0 Å². The molecule has 2 rings (SSSR count). The van der Waals surface area contributed by atoms with E-state index in [0.717, 1.165) is 6.42 Å². The molecule has 1 aromatic carbocycles. The van der Waals surface area contributed by atoms with Gasteiger partial charge < -0.3 is 10.4 Å². The first kappa shape index (κ1) is 11.0. The number of carbonyl (C=O) groups is 1. The number of aryl methyl sites for hydroxylation is 1. The molecule has 16 heavy (non-hydrogen) atoms. The van der Waals surface area contributed by atoms with Gasteiger partial charge in [0, 0.05) is 11.7 Å². The molecule has 1 heterocycles. The molecule has 0 aliphatic carbocycles. The minimum Gasteiger partial charge on any atom is -0.481 e. The summed E-state index contributed by atoms with van der Waals surface area (Å²) in [6.45, 7) is 3.84. The van der Waals surface area contributed by atoms with Crippen molar-refractivity contribution in [3.8, 4) is 0 Å². The predicted molar refractivity (Wildman–Crippen MR) is 63.7 cm³/mol. The first-order chi connectivity index (χ1) is 7.58. The Bertz CT molecular complexity index is 414. The number of anilines is 1. The molecular formula is C13H17NO2. The summed E-state index contributed by atoms with van der Waals surface area (Å²) >= 11 is 0. The Balaban J connectivity index is 2.06. The number of hydrogen-bond acceptors (Lipinski definition) is 2. The van der Waals surface area contributed by atoms with Crippen LogP contribution >= 0.6 is 0 Å². The monoisotopic (exact) mass is 219 g/mol. The highest BCUT2D eigenvalue weighted by Gasteiger charge is 2.25. The summed E-state index contributed by atoms with van der Waals surface area (Å²) in [5.74, 6) is -0.999. The molecule has 1 aromatic rings. The van der Waals surface area contributed by atoms with Gasteiger partial charge in [0.25, 0.3) is 0 Å². The van der Waals surface area contributed by atoms with Crippen molar-refractivity contribution in [2.45, 2.75) is 32.7 Å². The van der Waals surface area contributed by atoms with Crippen LogP contribution in [0.4, 0.5) is 5.69 Å². The lowest BCUT2D eigenvalue weighted by Gasteiger charge is -2.14. The number of benzene rings is 1. The van der Waals surface area contributed by atoms with Crippen LogP contribution in [0.2, 0.25) is 0 Å². The maximum atomic E-state index is 10.8. The minimum absolute atomic E-state index is 0.266. The predicted octanol–water partition coefficient (Wildman–Crippen LogP) is 2.44. The normalized spacial score (nSPS) is 20.0. The summed E-state index contributed by atoms with van der Waals surface area (Å²) < 4.78 is 0. The Morgan fingerprint density at radius 1 is 1.62 bits per heavy atom. The zero-order valence-electron chi connectivity index (χ0n) is 9.66. The van der Waals surface area contributed by atoms with Crippen molar-refractivity contribution in [3.05, 3.63) is 29.3 Å². The van der Waals surface area contributed by atoms with Crippen LogP contribution in [0.3, 0.4) is 0 Å². The van der Waals surface area contributed by atoms with Gasteiger partial charge in [0.2, 0.25) is 0 Å². The van der Waals surface area contributed by atoms with Crippen molar-refractivity contribution in [2.75, 3.05) is 5.32 Å². The summed E-state index contributed by atoms with van der Waals surface area (Å²) in [5.41, 5.74) is 3.75. The molecule has 2 N–H and O–H groups in total. The second-order valence-electron chi connectivity index (χ2n) is 4.63. The molecule has 0 saturated heterocycles. The molecule has 2 atom stereocenters. The van der Waals surface area contributed by atoms with E-state index in [0.29, 0.717) is 6.42 Å². The molecule has 0 amide bonds. The lowest BCUT2D eigenvalue weighted by Crippen LogP contribution is -2.23. The molecule has 0 aromatic heterocycles. The quantitative estimate of drug-likeness (QED) is 0.821. The fourth-order valence-corrected chi connectivity index (χ4v) is 2.30. The first-order valence-corrected chi connectivity index (χ1v) is 5.65. The summed E-state index contributed by atoms with van der Waals surface area (Å²) in [5, 5.41) is 12.3. The average molecular weight is 219 g/mol. The van der Waals surface area contributed by atoms with Crippen LogP contribution in [0, 0.1) is 12.8 Å². The Labute approximate surface area is 95.5 Å². The third-order valence-corrected chi connectivity index (χ3v) is 3.23. The zero-order valence-corrected chi connectivity index (χ0v) is 9.66. The molecule has 3 nitrogen and oxygen atoms in total. The van der Waals surface area contributed by atoms with E-state index in [-0.39, 0.29) is 12.0 Å². The van der Waals surface area contributed by atoms with Crippen LogP contribution in [-0.2, 0) is 11.2 Å². The van der Waals surface area contributed by atoms with Gasteiger partial charge in [0.1, 0.15) is 0 Å². The largest absolute Gasteiger partial charge is 0.481 e. The van der Waals surface area contributed by atoms with Gasteiger partial charge in [0.15, 0.2) is 0 Å². The molecule has 1 aliphatic heterocycles. The fourth-order valence-electron chi connectivity index (χ4n) is 2.30. The van der Waals surface area contributed by atoms with Crippen molar-refractivity contribution in [3.63, 3.8) is 0 Å². The zero-order chi connectivity index (χ0) is 11.7. The van der Waals surface area contributed by atoms with Crippen LogP contribution < -0.4 is 5.32 Å². The average Bonchev–Trinajstić information content (AvgIpc) is 2.61. The summed E-state index contributed by atoms with van der Waals surface area (Å²) in [6.07, 6.45) is 1.62. The van der Waals surface area contributed by atoms with E-state index in [1.807, 2.05) is 0 Å². The molecule has 3 heteroatoms. The van der Waals surface area contributed by atoms with E-state index >= 15 is 0 Å². The molecular weight excluding hydrogens is 202 g/mol. The lowest BCUT2D eigenvalue weighted by atomic mass is 9.99. The minimum atomic E-state index is -0.713. The Hall–Kier alpha value is -1.51. The van der Waals surface area contributed by atoms with Gasteiger partial charge >= 0.3 is 5.97 Å². The van der Waals surface area contributed by atoms with Gasteiger partial charge in [-0.25, -0.2) is 0 Å². The van der Waals surface area contributed by atoms with E-state index in [4.69, 9.17) is 5.11 Å². The summed E-state index contributed by atoms with van der Waals surface area (Å²) in [6, 6.07) is 6.51. The molecule has 0 bridgehead atoms. The molecule has 0 spiro atoms. The van der Waals surface area contributed by atoms with Crippen molar-refractivity contribution in [1.29, 1.82) is 0 Å². The third kappa shape index (κ3) is 2.03. The van der Waals surface area contributed by atoms with Crippen LogP contribution in [-0.4, -0.2) is 17.1 Å². The van der Waals surface area contributed by atoms with Crippen molar-refractivity contribution >= 4 is 11.7 Å². The number of carboxylic acid groups (broad SMARTS) is 1. The van der Waals surface area contributed by atoms with Gasteiger partial charge in [-0.05, 0) is 30.9 Å². The van der Waals surface area contributed by atoms with Crippen LogP contribution in [0.1, 0.15) is 24.5 Å². The number of nitrogens with one attached hydrogen (secondary N) is 1. The third-order valence-electron chi connectivity index (χ3n) is 3.23. The van der Waals surface area contributed by atoms with E-state index in [9.17, 15) is 4.79 Å². The molecule has 86 valence electrons. The summed E-state index contributed by atoms with van der Waals surface area (Å²) in [4.78, 5) is 10.8. The van der Waals surface area contributed by atoms with E-state index in [1.165, 1.54) is 16.8 Å². The van der Waals surface area contributed by atoms with Crippen molar-refractivity contribution in [1.82, 2.24) is 0 Å². The number of rotatable bonds is 3. The number of aliphatic carboxylic acids is 1. The van der Waals surface area contributed by atoms with Crippen LogP contribution in [0.15, 0.2) is 18.2 Å². The van der Waals surface area contributed by atoms with E-state index < -0.39 is 5.97 Å². The molecule has 0 fully saturated rings. The van der Waals surface area contributed by atoms with Gasteiger partial charge in [-0.3, -0.25) is 4.79 Å². The summed E-state index contributed by atoms with van der Waals surface area (Å²) in [7, 11) is 0. The molecule has 0 radical (unpaired) electrons. The lowest BCUT2D eigenvalue weighted by molar-refractivity contribution is -0.141. The molecule has 2 unspecified atom stereocenters. The Morgan fingerprint density at radius 2 is 2.38 bits per heavy atom.